The number of anilines is 1. The van der Waals surface area contributed by atoms with Crippen LogP contribution in [0, 0.1) is 6.92 Å². The molecule has 0 radical (unpaired) electrons. The molecule has 0 unspecified atom stereocenters. The number of benzene rings is 1. The van der Waals surface area contributed by atoms with E-state index in [1.807, 2.05) is 55.6 Å². The standard InChI is InChI=1S/C16H16N4OS2/c1-10-5-7-12(8-6-10)17-15(21)11(2)23-16-18-14(19-20-16)13-4-3-9-22-13/h3-9,11H,1-2H3,(H,17,21)(H,18,19,20)/t11-/m0/s1. The lowest BCUT2D eigenvalue weighted by Gasteiger charge is -2.10. The number of thiophene rings is 1. The summed E-state index contributed by atoms with van der Waals surface area (Å²) in [5.74, 6) is 0.662. The highest BCUT2D eigenvalue weighted by atomic mass is 32.2. The molecule has 0 fully saturated rings. The first-order valence-electron chi connectivity index (χ1n) is 7.12. The van der Waals surface area contributed by atoms with E-state index in [4.69, 9.17) is 0 Å². The van der Waals surface area contributed by atoms with Crippen LogP contribution in [0.5, 0.6) is 0 Å². The summed E-state index contributed by atoms with van der Waals surface area (Å²) in [5.41, 5.74) is 1.95. The highest BCUT2D eigenvalue weighted by Crippen LogP contribution is 2.25. The third-order valence-corrected chi connectivity index (χ3v) is 5.03. The zero-order chi connectivity index (χ0) is 16.2. The lowest BCUT2D eigenvalue weighted by molar-refractivity contribution is -0.115. The van der Waals surface area contributed by atoms with Crippen molar-refractivity contribution in [3.05, 3.63) is 47.3 Å². The van der Waals surface area contributed by atoms with Gasteiger partial charge in [-0.25, -0.2) is 4.98 Å². The number of carbonyl (C=O) groups is 1. The Morgan fingerprint density at radius 2 is 2.09 bits per heavy atom. The molecular formula is C16H16N4OS2. The first kappa shape index (κ1) is 15.8. The van der Waals surface area contributed by atoms with Crippen molar-refractivity contribution < 1.29 is 4.79 Å². The Hall–Kier alpha value is -2.12. The van der Waals surface area contributed by atoms with Crippen molar-refractivity contribution in [3.63, 3.8) is 0 Å². The Bertz CT molecular complexity index is 781. The monoisotopic (exact) mass is 344 g/mol. The third-order valence-electron chi connectivity index (χ3n) is 3.19. The minimum Gasteiger partial charge on any atom is -0.325 e. The van der Waals surface area contributed by atoms with Crippen LogP contribution in [-0.4, -0.2) is 26.3 Å². The van der Waals surface area contributed by atoms with Crippen molar-refractivity contribution in [1.29, 1.82) is 0 Å². The van der Waals surface area contributed by atoms with Crippen molar-refractivity contribution in [3.8, 4) is 10.7 Å². The van der Waals surface area contributed by atoms with Crippen molar-refractivity contribution in [1.82, 2.24) is 15.2 Å². The van der Waals surface area contributed by atoms with Crippen LogP contribution in [0.2, 0.25) is 0 Å². The third kappa shape index (κ3) is 4.00. The van der Waals surface area contributed by atoms with Gasteiger partial charge in [-0.3, -0.25) is 9.89 Å². The molecule has 1 aromatic carbocycles. The number of rotatable bonds is 5. The topological polar surface area (TPSA) is 70.7 Å². The molecule has 1 atom stereocenters. The normalized spacial score (nSPS) is 12.1. The summed E-state index contributed by atoms with van der Waals surface area (Å²) in [6.45, 7) is 3.86. The van der Waals surface area contributed by atoms with Gasteiger partial charge in [0, 0.05) is 5.69 Å². The molecule has 2 aromatic heterocycles. The quantitative estimate of drug-likeness (QED) is 0.687. The van der Waals surface area contributed by atoms with E-state index >= 15 is 0 Å². The van der Waals surface area contributed by atoms with E-state index in [9.17, 15) is 4.79 Å². The van der Waals surface area contributed by atoms with Crippen LogP contribution in [0.15, 0.2) is 46.9 Å². The Morgan fingerprint density at radius 1 is 1.30 bits per heavy atom. The highest BCUT2D eigenvalue weighted by molar-refractivity contribution is 8.00. The number of hydrogen-bond donors (Lipinski definition) is 2. The molecule has 3 aromatic rings. The van der Waals surface area contributed by atoms with Crippen molar-refractivity contribution >= 4 is 34.7 Å². The van der Waals surface area contributed by atoms with Crippen LogP contribution in [-0.2, 0) is 4.79 Å². The second-order valence-corrected chi connectivity index (χ2v) is 7.31. The Labute approximate surface area is 142 Å². The van der Waals surface area contributed by atoms with Crippen LogP contribution < -0.4 is 5.32 Å². The maximum absolute atomic E-state index is 12.2. The number of aromatic amines is 1. The maximum Gasteiger partial charge on any atom is 0.237 e. The molecule has 118 valence electrons. The van der Waals surface area contributed by atoms with E-state index in [1.165, 1.54) is 11.8 Å². The Morgan fingerprint density at radius 3 is 2.78 bits per heavy atom. The largest absolute Gasteiger partial charge is 0.325 e. The van der Waals surface area contributed by atoms with Crippen LogP contribution in [0.4, 0.5) is 5.69 Å². The van der Waals surface area contributed by atoms with Gasteiger partial charge in [0.05, 0.1) is 10.1 Å². The van der Waals surface area contributed by atoms with Gasteiger partial charge in [0.15, 0.2) is 5.82 Å². The highest BCUT2D eigenvalue weighted by Gasteiger charge is 2.17. The summed E-state index contributed by atoms with van der Waals surface area (Å²) in [5, 5.41) is 12.2. The number of nitrogens with one attached hydrogen (secondary N) is 2. The summed E-state index contributed by atoms with van der Waals surface area (Å²) in [6.07, 6.45) is 0. The minimum absolute atomic E-state index is 0.0682. The van der Waals surface area contributed by atoms with Gasteiger partial charge in [-0.15, -0.1) is 16.4 Å². The first-order chi connectivity index (χ1) is 11.1. The van der Waals surface area contributed by atoms with Gasteiger partial charge in [0.1, 0.15) is 0 Å². The fourth-order valence-corrected chi connectivity index (χ4v) is 3.30. The van der Waals surface area contributed by atoms with E-state index < -0.39 is 0 Å². The molecule has 2 N–H and O–H groups in total. The molecule has 3 rings (SSSR count). The number of carbonyl (C=O) groups excluding carboxylic acids is 1. The number of amides is 1. The summed E-state index contributed by atoms with van der Waals surface area (Å²) in [7, 11) is 0. The van der Waals surface area contributed by atoms with Gasteiger partial charge in [-0.05, 0) is 37.4 Å². The molecule has 0 aliphatic heterocycles. The molecule has 0 aliphatic rings. The van der Waals surface area contributed by atoms with Crippen LogP contribution in [0.3, 0.4) is 0 Å². The van der Waals surface area contributed by atoms with Crippen LogP contribution >= 0.6 is 23.1 Å². The second kappa shape index (κ2) is 6.97. The van der Waals surface area contributed by atoms with Crippen molar-refractivity contribution in [2.45, 2.75) is 24.3 Å². The number of nitrogens with zero attached hydrogens (tertiary/aromatic N) is 2. The van der Waals surface area contributed by atoms with Gasteiger partial charge < -0.3 is 5.32 Å². The zero-order valence-electron chi connectivity index (χ0n) is 12.7. The van der Waals surface area contributed by atoms with Crippen molar-refractivity contribution in [2.75, 3.05) is 5.32 Å². The maximum atomic E-state index is 12.2. The Kier molecular flexibility index (Phi) is 4.78. The van der Waals surface area contributed by atoms with Crippen LogP contribution in [0.1, 0.15) is 12.5 Å². The fourth-order valence-electron chi connectivity index (χ4n) is 1.92. The predicted octanol–water partition coefficient (Wildman–Crippen LogP) is 3.96. The molecule has 0 spiro atoms. The number of aryl methyl sites for hydroxylation is 1. The van der Waals surface area contributed by atoms with E-state index in [2.05, 4.69) is 20.5 Å². The van der Waals surface area contributed by atoms with Gasteiger partial charge in [-0.2, -0.15) is 0 Å². The summed E-state index contributed by atoms with van der Waals surface area (Å²) in [4.78, 5) is 17.7. The van der Waals surface area contributed by atoms with Gasteiger partial charge in [0.25, 0.3) is 0 Å². The predicted molar refractivity (Wildman–Crippen MR) is 94.8 cm³/mol. The molecule has 7 heteroatoms. The molecule has 0 bridgehead atoms. The Balaban J connectivity index is 1.61. The number of aromatic nitrogens is 3. The summed E-state index contributed by atoms with van der Waals surface area (Å²) < 4.78 is 0. The summed E-state index contributed by atoms with van der Waals surface area (Å²) >= 11 is 2.93. The van der Waals surface area contributed by atoms with Gasteiger partial charge in [0.2, 0.25) is 11.1 Å². The molecule has 5 nitrogen and oxygen atoms in total. The molecule has 0 saturated carbocycles. The van der Waals surface area contributed by atoms with E-state index in [0.717, 1.165) is 22.0 Å². The van der Waals surface area contributed by atoms with Gasteiger partial charge >= 0.3 is 0 Å². The van der Waals surface area contributed by atoms with Gasteiger partial charge in [-0.1, -0.05) is 35.5 Å². The first-order valence-corrected chi connectivity index (χ1v) is 8.88. The number of H-pyrrole nitrogens is 1. The van der Waals surface area contributed by atoms with Crippen LogP contribution in [0.25, 0.3) is 10.7 Å². The molecule has 0 aliphatic carbocycles. The summed E-state index contributed by atoms with van der Waals surface area (Å²) in [6, 6.07) is 11.7. The fraction of sp³-hybridized carbons (Fsp3) is 0.188. The average molecular weight is 344 g/mol. The lowest BCUT2D eigenvalue weighted by atomic mass is 10.2. The second-order valence-electron chi connectivity index (χ2n) is 5.06. The average Bonchev–Trinajstić information content (AvgIpc) is 3.20. The van der Waals surface area contributed by atoms with E-state index in [1.54, 1.807) is 11.3 Å². The number of thioether (sulfide) groups is 1. The molecule has 23 heavy (non-hydrogen) atoms. The van der Waals surface area contributed by atoms with E-state index in [-0.39, 0.29) is 11.2 Å². The SMILES string of the molecule is Cc1ccc(NC(=O)[C@H](C)Sc2n[nH]c(-c3cccs3)n2)cc1. The lowest BCUT2D eigenvalue weighted by Crippen LogP contribution is -2.22. The van der Waals surface area contributed by atoms with E-state index in [0.29, 0.717) is 5.16 Å². The minimum atomic E-state index is -0.289. The zero-order valence-corrected chi connectivity index (χ0v) is 14.4. The molecule has 1 amide bonds. The smallest absolute Gasteiger partial charge is 0.237 e. The van der Waals surface area contributed by atoms with Crippen molar-refractivity contribution in [2.24, 2.45) is 0 Å². The molecular weight excluding hydrogens is 328 g/mol. The molecule has 0 saturated heterocycles. The molecule has 2 heterocycles. The number of hydrogen-bond acceptors (Lipinski definition) is 5.